The molecular formula is C21H24N2O3. The molecule has 0 saturated heterocycles. The number of amides is 1. The zero-order chi connectivity index (χ0) is 18.5. The normalized spacial score (nSPS) is 15.7. The van der Waals surface area contributed by atoms with E-state index in [1.165, 1.54) is 11.1 Å². The molecule has 2 aromatic carbocycles. The third kappa shape index (κ3) is 4.23. The maximum absolute atomic E-state index is 12.1. The molecule has 1 aliphatic rings. The van der Waals surface area contributed by atoms with E-state index in [0.717, 1.165) is 22.6 Å². The van der Waals surface area contributed by atoms with E-state index in [-0.39, 0.29) is 18.6 Å². The number of fused-ring (bicyclic) bond motifs is 1. The highest BCUT2D eigenvalue weighted by atomic mass is 16.6. The van der Waals surface area contributed by atoms with Gasteiger partial charge < -0.3 is 14.9 Å². The van der Waals surface area contributed by atoms with Crippen LogP contribution < -0.4 is 10.1 Å². The van der Waals surface area contributed by atoms with Gasteiger partial charge in [-0.2, -0.15) is 0 Å². The van der Waals surface area contributed by atoms with Crippen LogP contribution in [0.1, 0.15) is 41.6 Å². The first-order chi connectivity index (χ1) is 12.5. The van der Waals surface area contributed by atoms with E-state index in [9.17, 15) is 4.79 Å². The lowest BCUT2D eigenvalue weighted by Gasteiger charge is -2.18. The van der Waals surface area contributed by atoms with Crippen molar-refractivity contribution in [2.45, 2.75) is 33.2 Å². The van der Waals surface area contributed by atoms with Crippen LogP contribution in [0, 0.1) is 13.8 Å². The fraction of sp³-hybridized carbons (Fsp3) is 0.333. The third-order valence-electron chi connectivity index (χ3n) is 4.57. The number of ether oxygens (including phenoxy) is 1. The number of benzene rings is 2. The summed E-state index contributed by atoms with van der Waals surface area (Å²) < 4.78 is 5.59. The Bertz CT molecular complexity index is 830. The zero-order valence-electron chi connectivity index (χ0n) is 15.4. The minimum absolute atomic E-state index is 0.0816. The second-order valence-corrected chi connectivity index (χ2v) is 6.54. The van der Waals surface area contributed by atoms with Crippen LogP contribution >= 0.6 is 0 Å². The van der Waals surface area contributed by atoms with Gasteiger partial charge in [-0.05, 0) is 49.6 Å². The van der Waals surface area contributed by atoms with Crippen molar-refractivity contribution >= 4 is 11.6 Å². The van der Waals surface area contributed by atoms with Gasteiger partial charge in [0.1, 0.15) is 5.75 Å². The molecule has 0 saturated carbocycles. The zero-order valence-corrected chi connectivity index (χ0v) is 15.4. The molecule has 136 valence electrons. The van der Waals surface area contributed by atoms with E-state index in [0.29, 0.717) is 13.0 Å². The molecule has 1 N–H and O–H groups in total. The van der Waals surface area contributed by atoms with E-state index in [4.69, 9.17) is 9.57 Å². The number of para-hydroxylation sites is 1. The van der Waals surface area contributed by atoms with E-state index in [1.54, 1.807) is 0 Å². The second-order valence-electron chi connectivity index (χ2n) is 6.54. The highest BCUT2D eigenvalue weighted by Crippen LogP contribution is 2.24. The quantitative estimate of drug-likeness (QED) is 0.835. The average Bonchev–Trinajstić information content (AvgIpc) is 2.64. The summed E-state index contributed by atoms with van der Waals surface area (Å²) in [7, 11) is 0. The maximum Gasteiger partial charge on any atom is 0.261 e. The molecule has 1 heterocycles. The highest BCUT2D eigenvalue weighted by molar-refractivity contribution is 6.03. The number of oxime groups is 1. The molecule has 0 fully saturated rings. The van der Waals surface area contributed by atoms with Crippen LogP contribution in [0.3, 0.4) is 0 Å². The Morgan fingerprint density at radius 1 is 1.23 bits per heavy atom. The van der Waals surface area contributed by atoms with Crippen LogP contribution in [-0.4, -0.2) is 24.8 Å². The van der Waals surface area contributed by atoms with Crippen molar-refractivity contribution in [1.82, 2.24) is 5.32 Å². The van der Waals surface area contributed by atoms with Crippen LogP contribution in [0.25, 0.3) is 0 Å². The molecule has 0 spiro atoms. The summed E-state index contributed by atoms with van der Waals surface area (Å²) in [6.07, 6.45) is 0.664. The molecule has 3 rings (SSSR count). The predicted molar refractivity (Wildman–Crippen MR) is 102 cm³/mol. The van der Waals surface area contributed by atoms with Crippen LogP contribution in [0.2, 0.25) is 0 Å². The van der Waals surface area contributed by atoms with Crippen LogP contribution in [0.5, 0.6) is 5.75 Å². The molecule has 26 heavy (non-hydrogen) atoms. The number of hydrogen-bond donors (Lipinski definition) is 1. The molecule has 5 heteroatoms. The first-order valence-corrected chi connectivity index (χ1v) is 8.82. The first kappa shape index (κ1) is 18.0. The molecule has 0 aliphatic carbocycles. The number of carbonyl (C=O) groups is 1. The molecule has 1 atom stereocenters. The fourth-order valence-corrected chi connectivity index (χ4v) is 2.89. The molecule has 1 unspecified atom stereocenters. The number of rotatable bonds is 5. The summed E-state index contributed by atoms with van der Waals surface area (Å²) in [5.41, 5.74) is 5.25. The van der Waals surface area contributed by atoms with Gasteiger partial charge in [-0.15, -0.1) is 0 Å². The standard InChI is InChI=1S/C21H24N2O3/c1-14-8-9-17(12-15(14)2)16(3)22-21(24)13-26-23-19-10-11-25-20-7-5-4-6-18(19)20/h4-9,12,16H,10-11,13H2,1-3H3,(H,22,24)/b23-19-. The number of hydrogen-bond acceptors (Lipinski definition) is 4. The Morgan fingerprint density at radius 3 is 2.85 bits per heavy atom. The van der Waals surface area contributed by atoms with Gasteiger partial charge in [-0.3, -0.25) is 4.79 Å². The molecule has 0 bridgehead atoms. The van der Waals surface area contributed by atoms with Crippen molar-refractivity contribution in [3.63, 3.8) is 0 Å². The van der Waals surface area contributed by atoms with Crippen LogP contribution in [0.15, 0.2) is 47.6 Å². The van der Waals surface area contributed by atoms with Gasteiger partial charge >= 0.3 is 0 Å². The van der Waals surface area contributed by atoms with E-state index in [2.05, 4.69) is 36.5 Å². The van der Waals surface area contributed by atoms with Crippen molar-refractivity contribution in [2.24, 2.45) is 5.16 Å². The number of nitrogens with one attached hydrogen (secondary N) is 1. The Hall–Kier alpha value is -2.82. The Labute approximate surface area is 154 Å². The lowest BCUT2D eigenvalue weighted by Crippen LogP contribution is -2.30. The molecular weight excluding hydrogens is 328 g/mol. The summed E-state index contributed by atoms with van der Waals surface area (Å²) in [6, 6.07) is 13.8. The molecule has 1 aliphatic heterocycles. The maximum atomic E-state index is 12.1. The van der Waals surface area contributed by atoms with Gasteiger partial charge in [0.15, 0.2) is 6.61 Å². The SMILES string of the molecule is Cc1ccc(C(C)NC(=O)CO/N=C2/CCOc3ccccc32)cc1C. The fourth-order valence-electron chi connectivity index (χ4n) is 2.89. The monoisotopic (exact) mass is 352 g/mol. The lowest BCUT2D eigenvalue weighted by atomic mass is 10.0. The predicted octanol–water partition coefficient (Wildman–Crippen LogP) is 3.68. The Morgan fingerprint density at radius 2 is 2.04 bits per heavy atom. The molecule has 5 nitrogen and oxygen atoms in total. The third-order valence-corrected chi connectivity index (χ3v) is 4.57. The van der Waals surface area contributed by atoms with Gasteiger partial charge in [-0.1, -0.05) is 35.5 Å². The summed E-state index contributed by atoms with van der Waals surface area (Å²) in [5.74, 6) is 0.606. The van der Waals surface area contributed by atoms with Crippen molar-refractivity contribution in [3.05, 3.63) is 64.7 Å². The molecule has 0 radical (unpaired) electrons. The lowest BCUT2D eigenvalue weighted by molar-refractivity contribution is -0.126. The molecule has 2 aromatic rings. The van der Waals surface area contributed by atoms with Gasteiger partial charge in [-0.25, -0.2) is 0 Å². The smallest absolute Gasteiger partial charge is 0.261 e. The first-order valence-electron chi connectivity index (χ1n) is 8.82. The van der Waals surface area contributed by atoms with Gasteiger partial charge in [0.05, 0.1) is 18.4 Å². The van der Waals surface area contributed by atoms with Gasteiger partial charge in [0.2, 0.25) is 0 Å². The minimum atomic E-state index is -0.194. The Kier molecular flexibility index (Phi) is 5.56. The summed E-state index contributed by atoms with van der Waals surface area (Å²) in [5, 5.41) is 7.09. The number of aryl methyl sites for hydroxylation is 2. The molecule has 0 aromatic heterocycles. The number of nitrogens with zero attached hydrogens (tertiary/aromatic N) is 1. The summed E-state index contributed by atoms with van der Waals surface area (Å²) in [4.78, 5) is 17.4. The van der Waals surface area contributed by atoms with E-state index >= 15 is 0 Å². The van der Waals surface area contributed by atoms with Crippen molar-refractivity contribution in [3.8, 4) is 5.75 Å². The number of carbonyl (C=O) groups excluding carboxylic acids is 1. The van der Waals surface area contributed by atoms with Gasteiger partial charge in [0.25, 0.3) is 5.91 Å². The van der Waals surface area contributed by atoms with Crippen molar-refractivity contribution < 1.29 is 14.4 Å². The average molecular weight is 352 g/mol. The topological polar surface area (TPSA) is 59.9 Å². The largest absolute Gasteiger partial charge is 0.492 e. The summed E-state index contributed by atoms with van der Waals surface area (Å²) >= 11 is 0. The second kappa shape index (κ2) is 8.04. The van der Waals surface area contributed by atoms with Gasteiger partial charge in [0, 0.05) is 12.0 Å². The Balaban J connectivity index is 1.55. The summed E-state index contributed by atoms with van der Waals surface area (Å²) in [6.45, 7) is 6.56. The molecule has 1 amide bonds. The van der Waals surface area contributed by atoms with E-state index < -0.39 is 0 Å². The van der Waals surface area contributed by atoms with Crippen LogP contribution in [0.4, 0.5) is 0 Å². The van der Waals surface area contributed by atoms with Crippen molar-refractivity contribution in [2.75, 3.05) is 13.2 Å². The minimum Gasteiger partial charge on any atom is -0.492 e. The van der Waals surface area contributed by atoms with Crippen LogP contribution in [-0.2, 0) is 9.63 Å². The highest BCUT2D eigenvalue weighted by Gasteiger charge is 2.17. The van der Waals surface area contributed by atoms with Crippen molar-refractivity contribution in [1.29, 1.82) is 0 Å². The van der Waals surface area contributed by atoms with E-state index in [1.807, 2.05) is 37.3 Å².